The molecule has 0 aliphatic heterocycles. The van der Waals surface area contributed by atoms with Crippen LogP contribution in [0.4, 0.5) is 4.39 Å². The van der Waals surface area contributed by atoms with Gasteiger partial charge in [0.05, 0.1) is 12.5 Å². The number of carbonyl (C=O) groups excluding carboxylic acids is 1. The van der Waals surface area contributed by atoms with Crippen molar-refractivity contribution < 1.29 is 9.18 Å². The minimum atomic E-state index is -0.480. The summed E-state index contributed by atoms with van der Waals surface area (Å²) in [4.78, 5) is 11.2. The van der Waals surface area contributed by atoms with Gasteiger partial charge in [0, 0.05) is 5.02 Å². The first-order valence-electron chi connectivity index (χ1n) is 4.21. The molecule has 1 N–H and O–H groups in total. The quantitative estimate of drug-likeness (QED) is 0.797. The molecule has 15 heavy (non-hydrogen) atoms. The Labute approximate surface area is 91.5 Å². The summed E-state index contributed by atoms with van der Waals surface area (Å²) in [6.45, 7) is -0.0823. The minimum Gasteiger partial charge on any atom is -0.343 e. The third-order valence-corrected chi connectivity index (χ3v) is 1.96. The van der Waals surface area contributed by atoms with E-state index >= 15 is 0 Å². The number of halogens is 2. The van der Waals surface area contributed by atoms with E-state index in [1.54, 1.807) is 6.07 Å². The van der Waals surface area contributed by atoms with Crippen molar-refractivity contribution in [1.82, 2.24) is 5.32 Å². The van der Waals surface area contributed by atoms with Crippen LogP contribution in [0.3, 0.4) is 0 Å². The second-order valence-electron chi connectivity index (χ2n) is 2.85. The topological polar surface area (TPSA) is 52.9 Å². The number of amides is 1. The molecule has 0 bridgehead atoms. The lowest BCUT2D eigenvalue weighted by Gasteiger charge is -2.03. The van der Waals surface area contributed by atoms with Gasteiger partial charge in [-0.3, -0.25) is 4.79 Å². The lowest BCUT2D eigenvalue weighted by Crippen LogP contribution is -2.25. The molecule has 0 saturated carbocycles. The standard InChI is InChI=1S/C10H8ClFN2O/c11-8-1-2-9(12)7(5-8)6-10(15)14-4-3-13/h1-2,5H,4,6H2,(H,14,15). The van der Waals surface area contributed by atoms with E-state index in [2.05, 4.69) is 5.32 Å². The predicted octanol–water partition coefficient (Wildman–Crippen LogP) is 1.66. The molecule has 1 rings (SSSR count). The van der Waals surface area contributed by atoms with Crippen LogP contribution in [0.1, 0.15) is 5.56 Å². The van der Waals surface area contributed by atoms with Gasteiger partial charge in [0.2, 0.25) is 5.91 Å². The Morgan fingerprint density at radius 1 is 1.60 bits per heavy atom. The molecule has 1 amide bonds. The second-order valence-corrected chi connectivity index (χ2v) is 3.28. The summed E-state index contributed by atoms with van der Waals surface area (Å²) in [6.07, 6.45) is -0.117. The molecule has 0 fully saturated rings. The SMILES string of the molecule is N#CCNC(=O)Cc1cc(Cl)ccc1F. The first-order chi connectivity index (χ1) is 7.13. The van der Waals surface area contributed by atoms with Gasteiger partial charge in [0.25, 0.3) is 0 Å². The van der Waals surface area contributed by atoms with E-state index in [0.29, 0.717) is 5.02 Å². The van der Waals surface area contributed by atoms with Gasteiger partial charge in [-0.05, 0) is 23.8 Å². The molecule has 0 aliphatic rings. The first-order valence-corrected chi connectivity index (χ1v) is 4.59. The highest BCUT2D eigenvalue weighted by Crippen LogP contribution is 2.15. The number of hydrogen-bond acceptors (Lipinski definition) is 2. The Hall–Kier alpha value is -1.60. The van der Waals surface area contributed by atoms with Crippen LogP contribution >= 0.6 is 11.6 Å². The summed E-state index contributed by atoms with van der Waals surface area (Å²) in [5.74, 6) is -0.885. The molecule has 78 valence electrons. The van der Waals surface area contributed by atoms with Crippen LogP contribution in [0.2, 0.25) is 5.02 Å². The molecular weight excluding hydrogens is 219 g/mol. The van der Waals surface area contributed by atoms with Gasteiger partial charge in [-0.25, -0.2) is 4.39 Å². The van der Waals surface area contributed by atoms with Gasteiger partial charge in [0.15, 0.2) is 0 Å². The zero-order valence-corrected chi connectivity index (χ0v) is 8.51. The van der Waals surface area contributed by atoms with Gasteiger partial charge in [-0.15, -0.1) is 0 Å². The molecule has 0 aromatic heterocycles. The van der Waals surface area contributed by atoms with E-state index in [-0.39, 0.29) is 18.5 Å². The molecule has 5 heteroatoms. The van der Waals surface area contributed by atoms with E-state index in [9.17, 15) is 9.18 Å². The fourth-order valence-electron chi connectivity index (χ4n) is 1.05. The molecule has 0 radical (unpaired) electrons. The second kappa shape index (κ2) is 5.32. The molecule has 0 unspecified atom stereocenters. The average molecular weight is 227 g/mol. The van der Waals surface area contributed by atoms with Gasteiger partial charge < -0.3 is 5.32 Å². The summed E-state index contributed by atoms with van der Waals surface area (Å²) in [6, 6.07) is 5.76. The number of benzene rings is 1. The lowest BCUT2D eigenvalue weighted by atomic mass is 10.1. The van der Waals surface area contributed by atoms with Crippen molar-refractivity contribution in [2.24, 2.45) is 0 Å². The molecule has 0 aliphatic carbocycles. The normalized spacial score (nSPS) is 9.40. The van der Waals surface area contributed by atoms with E-state index in [4.69, 9.17) is 16.9 Å². The Balaban J connectivity index is 2.68. The van der Waals surface area contributed by atoms with Gasteiger partial charge in [-0.2, -0.15) is 5.26 Å². The van der Waals surface area contributed by atoms with Crippen LogP contribution in [-0.4, -0.2) is 12.5 Å². The summed E-state index contributed by atoms with van der Waals surface area (Å²) >= 11 is 5.65. The molecule has 0 atom stereocenters. The lowest BCUT2D eigenvalue weighted by molar-refractivity contribution is -0.120. The zero-order chi connectivity index (χ0) is 11.3. The third kappa shape index (κ3) is 3.56. The largest absolute Gasteiger partial charge is 0.343 e. The molecular formula is C10H8ClFN2O. The Bertz CT molecular complexity index is 414. The van der Waals surface area contributed by atoms with Crippen LogP contribution in [-0.2, 0) is 11.2 Å². The van der Waals surface area contributed by atoms with Crippen molar-refractivity contribution in [2.75, 3.05) is 6.54 Å². The van der Waals surface area contributed by atoms with E-state index in [0.717, 1.165) is 0 Å². The molecule has 3 nitrogen and oxygen atoms in total. The fourth-order valence-corrected chi connectivity index (χ4v) is 1.25. The van der Waals surface area contributed by atoms with Crippen molar-refractivity contribution in [2.45, 2.75) is 6.42 Å². The van der Waals surface area contributed by atoms with Crippen molar-refractivity contribution in [1.29, 1.82) is 5.26 Å². The highest BCUT2D eigenvalue weighted by Gasteiger charge is 2.08. The number of hydrogen-bond donors (Lipinski definition) is 1. The highest BCUT2D eigenvalue weighted by atomic mass is 35.5. The number of nitrogens with zero attached hydrogens (tertiary/aromatic N) is 1. The van der Waals surface area contributed by atoms with Crippen LogP contribution in [0, 0.1) is 17.1 Å². The van der Waals surface area contributed by atoms with Crippen molar-refractivity contribution >= 4 is 17.5 Å². The van der Waals surface area contributed by atoms with E-state index in [1.807, 2.05) is 0 Å². The number of rotatable bonds is 3. The van der Waals surface area contributed by atoms with Crippen molar-refractivity contribution in [3.8, 4) is 6.07 Å². The van der Waals surface area contributed by atoms with Crippen LogP contribution in [0.5, 0.6) is 0 Å². The van der Waals surface area contributed by atoms with E-state index in [1.165, 1.54) is 18.2 Å². The van der Waals surface area contributed by atoms with Crippen molar-refractivity contribution in [3.63, 3.8) is 0 Å². The molecule has 0 heterocycles. The van der Waals surface area contributed by atoms with Crippen molar-refractivity contribution in [3.05, 3.63) is 34.6 Å². The predicted molar refractivity (Wildman–Crippen MR) is 53.7 cm³/mol. The van der Waals surface area contributed by atoms with Crippen LogP contribution < -0.4 is 5.32 Å². The number of nitriles is 1. The maximum Gasteiger partial charge on any atom is 0.225 e. The average Bonchev–Trinajstić information content (AvgIpc) is 2.20. The third-order valence-electron chi connectivity index (χ3n) is 1.72. The molecule has 0 saturated heterocycles. The van der Waals surface area contributed by atoms with Gasteiger partial charge >= 0.3 is 0 Å². The summed E-state index contributed by atoms with van der Waals surface area (Å²) in [7, 11) is 0. The fraction of sp³-hybridized carbons (Fsp3) is 0.200. The summed E-state index contributed by atoms with van der Waals surface area (Å²) in [5.41, 5.74) is 0.220. The van der Waals surface area contributed by atoms with Crippen LogP contribution in [0.25, 0.3) is 0 Å². The maximum absolute atomic E-state index is 13.1. The van der Waals surface area contributed by atoms with Gasteiger partial charge in [-0.1, -0.05) is 11.6 Å². The van der Waals surface area contributed by atoms with Gasteiger partial charge in [0.1, 0.15) is 12.4 Å². The Morgan fingerprint density at radius 2 is 2.33 bits per heavy atom. The van der Waals surface area contributed by atoms with E-state index < -0.39 is 11.7 Å². The molecule has 1 aromatic carbocycles. The first kappa shape index (κ1) is 11.5. The molecule has 1 aromatic rings. The summed E-state index contributed by atoms with van der Waals surface area (Å²) in [5, 5.41) is 10.9. The number of carbonyl (C=O) groups is 1. The molecule has 0 spiro atoms. The maximum atomic E-state index is 13.1. The smallest absolute Gasteiger partial charge is 0.225 e. The monoisotopic (exact) mass is 226 g/mol. The highest BCUT2D eigenvalue weighted by molar-refractivity contribution is 6.30. The Morgan fingerprint density at radius 3 is 3.00 bits per heavy atom. The van der Waals surface area contributed by atoms with Crippen LogP contribution in [0.15, 0.2) is 18.2 Å². The number of nitrogens with one attached hydrogen (secondary N) is 1. The minimum absolute atomic E-state index is 0.0823. The Kier molecular flexibility index (Phi) is 4.07. The summed E-state index contributed by atoms with van der Waals surface area (Å²) < 4.78 is 13.1. The zero-order valence-electron chi connectivity index (χ0n) is 7.76.